The molecule has 3 aromatic rings. The number of amides is 1. The van der Waals surface area contributed by atoms with Gasteiger partial charge in [0.05, 0.1) is 22.7 Å². The highest BCUT2D eigenvalue weighted by atomic mass is 35.5. The minimum atomic E-state index is -4.14. The number of aliphatic imine (C=N–C) groups is 1. The Morgan fingerprint density at radius 2 is 1.71 bits per heavy atom. The number of nitrogens with zero attached hydrogens (tertiary/aromatic N) is 1. The molecule has 0 saturated carbocycles. The summed E-state index contributed by atoms with van der Waals surface area (Å²) in [6.45, 7) is 1.85. The number of benzene rings is 3. The van der Waals surface area contributed by atoms with Gasteiger partial charge in [0, 0.05) is 5.02 Å². The fourth-order valence-corrected chi connectivity index (χ4v) is 5.26. The minimum absolute atomic E-state index is 0.00495. The van der Waals surface area contributed by atoms with Crippen molar-refractivity contribution in [1.82, 2.24) is 5.32 Å². The summed E-state index contributed by atoms with van der Waals surface area (Å²) in [7, 11) is -2.78. The van der Waals surface area contributed by atoms with E-state index in [0.717, 1.165) is 17.3 Å². The number of hydrogen-bond donors (Lipinski definition) is 1. The SMILES string of the molecule is COc1cc(/C=C2\SC(=Nc3ccc(Cl)cc3)NC2=O)cc(Cl)c1OS(=O)(=O)c1ccc(C)cc1. The van der Waals surface area contributed by atoms with Gasteiger partial charge in [-0.3, -0.25) is 4.79 Å². The predicted octanol–water partition coefficient (Wildman–Crippen LogP) is 5.97. The Morgan fingerprint density at radius 1 is 1.03 bits per heavy atom. The van der Waals surface area contributed by atoms with Crippen LogP contribution in [-0.4, -0.2) is 26.6 Å². The first-order valence-corrected chi connectivity index (χ1v) is 13.1. The van der Waals surface area contributed by atoms with Crippen molar-refractivity contribution in [2.45, 2.75) is 11.8 Å². The Balaban J connectivity index is 1.60. The highest BCUT2D eigenvalue weighted by molar-refractivity contribution is 8.18. The number of carbonyl (C=O) groups excluding carboxylic acids is 1. The molecule has 0 spiro atoms. The number of hydrogen-bond acceptors (Lipinski definition) is 7. The van der Waals surface area contributed by atoms with Crippen molar-refractivity contribution in [2.24, 2.45) is 4.99 Å². The van der Waals surface area contributed by atoms with Gasteiger partial charge >= 0.3 is 10.1 Å². The molecule has 1 fully saturated rings. The maximum absolute atomic E-state index is 12.7. The lowest BCUT2D eigenvalue weighted by Crippen LogP contribution is -2.19. The summed E-state index contributed by atoms with van der Waals surface area (Å²) in [6, 6.07) is 16.1. The van der Waals surface area contributed by atoms with Gasteiger partial charge < -0.3 is 14.2 Å². The van der Waals surface area contributed by atoms with Crippen LogP contribution in [0.15, 0.2) is 75.5 Å². The third-order valence-electron chi connectivity index (χ3n) is 4.76. The molecule has 35 heavy (non-hydrogen) atoms. The Kier molecular flexibility index (Phi) is 7.42. The van der Waals surface area contributed by atoms with E-state index in [4.69, 9.17) is 32.1 Å². The van der Waals surface area contributed by atoms with Crippen LogP contribution in [0.4, 0.5) is 5.69 Å². The number of rotatable bonds is 6. The van der Waals surface area contributed by atoms with Crippen molar-refractivity contribution >= 4 is 67.9 Å². The first kappa shape index (κ1) is 25.1. The fourth-order valence-electron chi connectivity index (χ4n) is 3.03. The van der Waals surface area contributed by atoms with Gasteiger partial charge in [-0.2, -0.15) is 8.42 Å². The van der Waals surface area contributed by atoms with Gasteiger partial charge in [-0.1, -0.05) is 40.9 Å². The number of thioether (sulfide) groups is 1. The molecule has 0 bridgehead atoms. The molecular formula is C24H18Cl2N2O5S2. The first-order valence-electron chi connectivity index (χ1n) is 10.1. The van der Waals surface area contributed by atoms with Crippen LogP contribution in [-0.2, 0) is 14.9 Å². The number of aryl methyl sites for hydroxylation is 1. The zero-order valence-corrected chi connectivity index (χ0v) is 21.6. The fraction of sp³-hybridized carbons (Fsp3) is 0.0833. The Labute approximate surface area is 216 Å². The van der Waals surface area contributed by atoms with Crippen molar-refractivity contribution in [1.29, 1.82) is 0 Å². The highest BCUT2D eigenvalue weighted by Crippen LogP contribution is 2.39. The van der Waals surface area contributed by atoms with Gasteiger partial charge in [0.15, 0.2) is 10.9 Å². The standard InChI is InChI=1S/C24H18Cl2N2O5S2/c1-14-3-9-18(10-4-14)35(30,31)33-22-19(26)11-15(12-20(22)32-2)13-21-23(29)28-24(34-21)27-17-7-5-16(25)6-8-17/h3-13H,1-2H3,(H,27,28,29)/b21-13-. The van der Waals surface area contributed by atoms with E-state index in [0.29, 0.717) is 26.3 Å². The van der Waals surface area contributed by atoms with Gasteiger partial charge in [-0.25, -0.2) is 4.99 Å². The van der Waals surface area contributed by atoms with Crippen LogP contribution < -0.4 is 14.2 Å². The van der Waals surface area contributed by atoms with Gasteiger partial charge in [0.25, 0.3) is 5.91 Å². The zero-order valence-electron chi connectivity index (χ0n) is 18.4. The monoisotopic (exact) mass is 548 g/mol. The Hall–Kier alpha value is -2.98. The second-order valence-corrected chi connectivity index (χ2v) is 10.8. The molecule has 7 nitrogen and oxygen atoms in total. The number of halogens is 2. The Bertz CT molecular complexity index is 1450. The molecule has 1 heterocycles. The van der Waals surface area contributed by atoms with E-state index < -0.39 is 10.1 Å². The molecule has 0 radical (unpaired) electrons. The number of methoxy groups -OCH3 is 1. The Morgan fingerprint density at radius 3 is 2.37 bits per heavy atom. The predicted molar refractivity (Wildman–Crippen MR) is 139 cm³/mol. The van der Waals surface area contributed by atoms with Crippen molar-refractivity contribution in [2.75, 3.05) is 7.11 Å². The smallest absolute Gasteiger partial charge is 0.339 e. The molecule has 1 aliphatic heterocycles. The van der Waals surface area contributed by atoms with Crippen molar-refractivity contribution in [3.8, 4) is 11.5 Å². The molecule has 1 saturated heterocycles. The summed E-state index contributed by atoms with van der Waals surface area (Å²) in [5.41, 5.74) is 2.06. The summed E-state index contributed by atoms with van der Waals surface area (Å²) < 4.78 is 36.1. The van der Waals surface area contributed by atoms with E-state index >= 15 is 0 Å². The average molecular weight is 549 g/mol. The van der Waals surface area contributed by atoms with Gasteiger partial charge in [-0.05, 0) is 78.9 Å². The molecule has 0 aliphatic carbocycles. The van der Waals surface area contributed by atoms with Crippen LogP contribution in [0, 0.1) is 6.92 Å². The maximum Gasteiger partial charge on any atom is 0.339 e. The van der Waals surface area contributed by atoms with Crippen LogP contribution in [0.1, 0.15) is 11.1 Å². The zero-order chi connectivity index (χ0) is 25.2. The molecular weight excluding hydrogens is 531 g/mol. The molecule has 180 valence electrons. The lowest BCUT2D eigenvalue weighted by molar-refractivity contribution is -0.115. The van der Waals surface area contributed by atoms with E-state index in [2.05, 4.69) is 10.3 Å². The lowest BCUT2D eigenvalue weighted by atomic mass is 10.2. The number of nitrogens with one attached hydrogen (secondary N) is 1. The number of carbonyl (C=O) groups is 1. The third-order valence-corrected chi connectivity index (χ3v) is 7.44. The van der Waals surface area contributed by atoms with E-state index in [1.807, 2.05) is 6.92 Å². The molecule has 1 amide bonds. The largest absolute Gasteiger partial charge is 0.493 e. The summed E-state index contributed by atoms with van der Waals surface area (Å²) in [4.78, 5) is 17.2. The summed E-state index contributed by atoms with van der Waals surface area (Å²) in [5, 5.41) is 3.70. The molecule has 3 aromatic carbocycles. The van der Waals surface area contributed by atoms with Crippen LogP contribution in [0.25, 0.3) is 6.08 Å². The van der Waals surface area contributed by atoms with Crippen molar-refractivity contribution in [3.63, 3.8) is 0 Å². The first-order chi connectivity index (χ1) is 16.6. The molecule has 1 aliphatic rings. The van der Waals surface area contributed by atoms with E-state index in [9.17, 15) is 13.2 Å². The second-order valence-electron chi connectivity index (χ2n) is 7.34. The number of amidine groups is 1. The summed E-state index contributed by atoms with van der Waals surface area (Å²) in [6.07, 6.45) is 1.59. The van der Waals surface area contributed by atoms with E-state index in [1.165, 1.54) is 31.4 Å². The lowest BCUT2D eigenvalue weighted by Gasteiger charge is -2.13. The van der Waals surface area contributed by atoms with E-state index in [-0.39, 0.29) is 27.3 Å². The van der Waals surface area contributed by atoms with E-state index in [1.54, 1.807) is 42.5 Å². The molecule has 11 heteroatoms. The normalized spacial score (nSPS) is 15.9. The van der Waals surface area contributed by atoms with Gasteiger partial charge in [0.1, 0.15) is 4.90 Å². The van der Waals surface area contributed by atoms with Gasteiger partial charge in [-0.15, -0.1) is 0 Å². The maximum atomic E-state index is 12.7. The van der Waals surface area contributed by atoms with Crippen LogP contribution >= 0.6 is 35.0 Å². The molecule has 0 unspecified atom stereocenters. The van der Waals surface area contributed by atoms with Crippen LogP contribution in [0.5, 0.6) is 11.5 Å². The number of ether oxygens (including phenoxy) is 1. The second kappa shape index (κ2) is 10.3. The van der Waals surface area contributed by atoms with Crippen molar-refractivity contribution < 1.29 is 22.1 Å². The topological polar surface area (TPSA) is 94.1 Å². The highest BCUT2D eigenvalue weighted by Gasteiger charge is 2.25. The summed E-state index contributed by atoms with van der Waals surface area (Å²) in [5.74, 6) is -0.385. The average Bonchev–Trinajstić information content (AvgIpc) is 3.15. The molecule has 0 aromatic heterocycles. The summed E-state index contributed by atoms with van der Waals surface area (Å²) >= 11 is 13.4. The molecule has 0 atom stereocenters. The van der Waals surface area contributed by atoms with Crippen molar-refractivity contribution in [3.05, 3.63) is 86.7 Å². The van der Waals surface area contributed by atoms with Crippen LogP contribution in [0.3, 0.4) is 0 Å². The minimum Gasteiger partial charge on any atom is -0.493 e. The third kappa shape index (κ3) is 5.99. The van der Waals surface area contributed by atoms with Gasteiger partial charge in [0.2, 0.25) is 5.75 Å². The molecule has 1 N–H and O–H groups in total. The quantitative estimate of drug-likeness (QED) is 0.301. The van der Waals surface area contributed by atoms with Crippen LogP contribution in [0.2, 0.25) is 10.0 Å². The molecule has 4 rings (SSSR count).